The molecular formula is C24H29NO3. The van der Waals surface area contributed by atoms with Gasteiger partial charge in [-0.15, -0.1) is 0 Å². The minimum atomic E-state index is 0.747. The molecule has 0 amide bonds. The molecule has 0 fully saturated rings. The van der Waals surface area contributed by atoms with Gasteiger partial charge >= 0.3 is 0 Å². The number of unbranched alkanes of at least 4 members (excludes halogenated alkanes) is 2. The van der Waals surface area contributed by atoms with Crippen LogP contribution in [0.4, 0.5) is 0 Å². The summed E-state index contributed by atoms with van der Waals surface area (Å²) in [6.45, 7) is 7.76. The van der Waals surface area contributed by atoms with Crippen LogP contribution in [0.15, 0.2) is 53.1 Å². The largest absolute Gasteiger partial charge is 0.494 e. The maximum Gasteiger partial charge on any atom is 0.142 e. The number of hydrogen-bond acceptors (Lipinski definition) is 4. The van der Waals surface area contributed by atoms with Crippen molar-refractivity contribution in [2.24, 2.45) is 0 Å². The van der Waals surface area contributed by atoms with Gasteiger partial charge in [-0.3, -0.25) is 0 Å². The van der Waals surface area contributed by atoms with Crippen LogP contribution < -0.4 is 9.47 Å². The molecule has 0 unspecified atom stereocenters. The van der Waals surface area contributed by atoms with E-state index >= 15 is 0 Å². The first-order chi connectivity index (χ1) is 13.7. The summed E-state index contributed by atoms with van der Waals surface area (Å²) in [7, 11) is 0. The van der Waals surface area contributed by atoms with Crippen LogP contribution >= 0.6 is 0 Å². The van der Waals surface area contributed by atoms with Crippen molar-refractivity contribution >= 4 is 0 Å². The molecule has 4 nitrogen and oxygen atoms in total. The predicted octanol–water partition coefficient (Wildman–Crippen LogP) is 6.67. The molecule has 3 rings (SSSR count). The Morgan fingerprint density at radius 3 is 1.75 bits per heavy atom. The number of benzene rings is 2. The van der Waals surface area contributed by atoms with E-state index in [4.69, 9.17) is 14.0 Å². The fraction of sp³-hybridized carbons (Fsp3) is 0.375. The molecule has 1 aromatic heterocycles. The number of rotatable bonds is 10. The Morgan fingerprint density at radius 1 is 0.750 bits per heavy atom. The van der Waals surface area contributed by atoms with E-state index in [9.17, 15) is 0 Å². The maximum atomic E-state index is 5.76. The molecule has 0 atom stereocenters. The van der Waals surface area contributed by atoms with E-state index in [2.05, 4.69) is 31.1 Å². The normalized spacial score (nSPS) is 10.8. The van der Waals surface area contributed by atoms with Crippen LogP contribution in [0, 0.1) is 6.92 Å². The van der Waals surface area contributed by atoms with Gasteiger partial charge in [-0.2, -0.15) is 0 Å². The number of ether oxygens (including phenoxy) is 2. The van der Waals surface area contributed by atoms with E-state index in [1.54, 1.807) is 0 Å². The molecule has 0 aliphatic heterocycles. The summed E-state index contributed by atoms with van der Waals surface area (Å²) in [5.41, 5.74) is 3.94. The third-order valence-corrected chi connectivity index (χ3v) is 4.67. The summed E-state index contributed by atoms with van der Waals surface area (Å²) in [6, 6.07) is 16.2. The second kappa shape index (κ2) is 9.98. The van der Waals surface area contributed by atoms with E-state index in [0.29, 0.717) is 0 Å². The first kappa shape index (κ1) is 20.0. The zero-order valence-corrected chi connectivity index (χ0v) is 17.0. The van der Waals surface area contributed by atoms with Gasteiger partial charge in [-0.25, -0.2) is 0 Å². The van der Waals surface area contributed by atoms with E-state index in [1.807, 2.05) is 43.3 Å². The van der Waals surface area contributed by atoms with Gasteiger partial charge in [0.2, 0.25) is 0 Å². The van der Waals surface area contributed by atoms with Crippen LogP contribution in [0.25, 0.3) is 22.4 Å². The third kappa shape index (κ3) is 4.94. The molecule has 4 heteroatoms. The molecule has 28 heavy (non-hydrogen) atoms. The highest BCUT2D eigenvalue weighted by Crippen LogP contribution is 2.35. The van der Waals surface area contributed by atoms with E-state index in [0.717, 1.165) is 78.5 Å². The van der Waals surface area contributed by atoms with Gasteiger partial charge in [-0.1, -0.05) is 44.0 Å². The number of hydrogen-bond donors (Lipinski definition) is 0. The third-order valence-electron chi connectivity index (χ3n) is 4.67. The van der Waals surface area contributed by atoms with Gasteiger partial charge in [-0.05, 0) is 61.7 Å². The van der Waals surface area contributed by atoms with Crippen molar-refractivity contribution in [3.05, 3.63) is 54.3 Å². The first-order valence-electron chi connectivity index (χ1n) is 10.2. The van der Waals surface area contributed by atoms with Crippen molar-refractivity contribution in [3.8, 4) is 33.9 Å². The molecule has 0 saturated carbocycles. The smallest absolute Gasteiger partial charge is 0.142 e. The standard InChI is InChI=1S/C24H29NO3/c1-4-6-16-26-21-12-8-19(9-13-21)23-18(3)28-25-24(23)20-10-14-22(15-11-20)27-17-7-5-2/h8-15H,4-7,16-17H2,1-3H3. The summed E-state index contributed by atoms with van der Waals surface area (Å²) in [4.78, 5) is 0. The molecule has 3 aromatic rings. The van der Waals surface area contributed by atoms with Crippen molar-refractivity contribution in [1.82, 2.24) is 5.16 Å². The Balaban J connectivity index is 1.78. The molecular weight excluding hydrogens is 350 g/mol. The summed E-state index contributed by atoms with van der Waals surface area (Å²) in [5, 5.41) is 4.30. The van der Waals surface area contributed by atoms with Crippen LogP contribution in [0.2, 0.25) is 0 Å². The number of aryl methyl sites for hydroxylation is 1. The molecule has 0 aliphatic rings. The van der Waals surface area contributed by atoms with Crippen LogP contribution in [0.5, 0.6) is 11.5 Å². The van der Waals surface area contributed by atoms with Crippen molar-refractivity contribution in [2.75, 3.05) is 13.2 Å². The lowest BCUT2D eigenvalue weighted by Gasteiger charge is -2.08. The van der Waals surface area contributed by atoms with Gasteiger partial charge in [0.1, 0.15) is 23.0 Å². The topological polar surface area (TPSA) is 44.5 Å². The average molecular weight is 380 g/mol. The van der Waals surface area contributed by atoms with Gasteiger partial charge in [0.15, 0.2) is 0 Å². The number of nitrogens with zero attached hydrogens (tertiary/aromatic N) is 1. The molecule has 0 bridgehead atoms. The zero-order valence-electron chi connectivity index (χ0n) is 17.0. The Morgan fingerprint density at radius 2 is 1.25 bits per heavy atom. The number of aromatic nitrogens is 1. The Hall–Kier alpha value is -2.75. The lowest BCUT2D eigenvalue weighted by atomic mass is 9.99. The maximum absolute atomic E-state index is 5.76. The van der Waals surface area contributed by atoms with Gasteiger partial charge < -0.3 is 14.0 Å². The van der Waals surface area contributed by atoms with Crippen LogP contribution in [0.1, 0.15) is 45.3 Å². The van der Waals surface area contributed by atoms with Crippen molar-refractivity contribution < 1.29 is 14.0 Å². The van der Waals surface area contributed by atoms with E-state index < -0.39 is 0 Å². The Bertz CT molecular complexity index is 851. The average Bonchev–Trinajstić information content (AvgIpc) is 3.11. The SMILES string of the molecule is CCCCOc1ccc(-c2noc(C)c2-c2ccc(OCCCC)cc2)cc1. The molecule has 0 spiro atoms. The minimum Gasteiger partial charge on any atom is -0.494 e. The fourth-order valence-corrected chi connectivity index (χ4v) is 3.00. The summed E-state index contributed by atoms with van der Waals surface area (Å²) in [6.07, 6.45) is 4.38. The second-order valence-corrected chi connectivity index (χ2v) is 6.92. The van der Waals surface area contributed by atoms with Gasteiger partial charge in [0.25, 0.3) is 0 Å². The van der Waals surface area contributed by atoms with E-state index in [-0.39, 0.29) is 0 Å². The molecule has 148 valence electrons. The lowest BCUT2D eigenvalue weighted by molar-refractivity contribution is 0.309. The monoisotopic (exact) mass is 379 g/mol. The predicted molar refractivity (Wildman–Crippen MR) is 113 cm³/mol. The highest BCUT2D eigenvalue weighted by Gasteiger charge is 2.16. The van der Waals surface area contributed by atoms with Crippen LogP contribution in [-0.2, 0) is 0 Å². The Labute approximate surface area is 167 Å². The van der Waals surface area contributed by atoms with Crippen molar-refractivity contribution in [1.29, 1.82) is 0 Å². The minimum absolute atomic E-state index is 0.747. The summed E-state index contributed by atoms with van der Waals surface area (Å²) in [5.74, 6) is 2.58. The van der Waals surface area contributed by atoms with Crippen LogP contribution in [0.3, 0.4) is 0 Å². The summed E-state index contributed by atoms with van der Waals surface area (Å²) < 4.78 is 17.0. The first-order valence-corrected chi connectivity index (χ1v) is 10.2. The highest BCUT2D eigenvalue weighted by atomic mass is 16.5. The molecule has 0 saturated heterocycles. The van der Waals surface area contributed by atoms with Gasteiger partial charge in [0, 0.05) is 5.56 Å². The Kier molecular flexibility index (Phi) is 7.12. The molecule has 0 radical (unpaired) electrons. The van der Waals surface area contributed by atoms with Gasteiger partial charge in [0.05, 0.1) is 18.8 Å². The molecule has 2 aromatic carbocycles. The van der Waals surface area contributed by atoms with Crippen molar-refractivity contribution in [3.63, 3.8) is 0 Å². The van der Waals surface area contributed by atoms with E-state index in [1.165, 1.54) is 0 Å². The summed E-state index contributed by atoms with van der Waals surface area (Å²) >= 11 is 0. The molecule has 0 N–H and O–H groups in total. The molecule has 0 aliphatic carbocycles. The second-order valence-electron chi connectivity index (χ2n) is 6.92. The lowest BCUT2D eigenvalue weighted by Crippen LogP contribution is -1.96. The fourth-order valence-electron chi connectivity index (χ4n) is 3.00. The zero-order chi connectivity index (χ0) is 19.8. The van der Waals surface area contributed by atoms with Crippen LogP contribution in [-0.4, -0.2) is 18.4 Å². The van der Waals surface area contributed by atoms with Crippen molar-refractivity contribution in [2.45, 2.75) is 46.5 Å². The quantitative estimate of drug-likeness (QED) is 0.369. The molecule has 1 heterocycles. The highest BCUT2D eigenvalue weighted by molar-refractivity contribution is 5.82.